The molecule has 6 nitrogen and oxygen atoms in total. The largest absolute Gasteiger partial charge is 0.468 e. The lowest BCUT2D eigenvalue weighted by Gasteiger charge is -2.27. The summed E-state index contributed by atoms with van der Waals surface area (Å²) in [5.41, 5.74) is 1.06. The molecule has 7 heteroatoms. The Morgan fingerprint density at radius 3 is 2.70 bits per heavy atom. The fourth-order valence-electron chi connectivity index (χ4n) is 4.16. The van der Waals surface area contributed by atoms with Gasteiger partial charge in [0.15, 0.2) is 9.84 Å². The predicted octanol–water partition coefficient (Wildman–Crippen LogP) is 3.30. The molecule has 30 heavy (non-hydrogen) atoms. The molecule has 2 atom stereocenters. The number of rotatable bonds is 7. The van der Waals surface area contributed by atoms with Gasteiger partial charge in [0, 0.05) is 6.04 Å². The van der Waals surface area contributed by atoms with Crippen LogP contribution in [0.4, 0.5) is 0 Å². The number of sulfone groups is 1. The molecule has 0 aliphatic carbocycles. The monoisotopic (exact) mass is 426 g/mol. The van der Waals surface area contributed by atoms with Crippen LogP contribution >= 0.6 is 0 Å². The van der Waals surface area contributed by atoms with Crippen molar-refractivity contribution >= 4 is 26.5 Å². The van der Waals surface area contributed by atoms with E-state index in [1.807, 2.05) is 42.2 Å². The van der Waals surface area contributed by atoms with Gasteiger partial charge in [-0.3, -0.25) is 9.69 Å². The van der Waals surface area contributed by atoms with Gasteiger partial charge in [0.25, 0.3) is 0 Å². The number of benzene rings is 2. The summed E-state index contributed by atoms with van der Waals surface area (Å²) in [5.74, 6) is 0.834. The van der Waals surface area contributed by atoms with Gasteiger partial charge < -0.3 is 9.73 Å². The van der Waals surface area contributed by atoms with Crippen molar-refractivity contribution in [3.05, 3.63) is 72.2 Å². The number of nitrogens with zero attached hydrogens (tertiary/aromatic N) is 1. The quantitative estimate of drug-likeness (QED) is 0.627. The number of nitrogens with one attached hydrogen (secondary N) is 1. The van der Waals surface area contributed by atoms with E-state index in [-0.39, 0.29) is 36.0 Å². The van der Waals surface area contributed by atoms with Gasteiger partial charge in [0.05, 0.1) is 36.9 Å². The van der Waals surface area contributed by atoms with Gasteiger partial charge >= 0.3 is 0 Å². The van der Waals surface area contributed by atoms with Gasteiger partial charge in [0.1, 0.15) is 5.76 Å². The smallest absolute Gasteiger partial charge is 0.234 e. The van der Waals surface area contributed by atoms with E-state index in [1.165, 1.54) is 0 Å². The first-order valence-corrected chi connectivity index (χ1v) is 12.0. The summed E-state index contributed by atoms with van der Waals surface area (Å²) in [6.45, 7) is 2.50. The topological polar surface area (TPSA) is 79.6 Å². The van der Waals surface area contributed by atoms with E-state index in [9.17, 15) is 13.2 Å². The first-order valence-electron chi connectivity index (χ1n) is 10.2. The maximum Gasteiger partial charge on any atom is 0.234 e. The van der Waals surface area contributed by atoms with E-state index in [1.54, 1.807) is 12.3 Å². The third-order valence-corrected chi connectivity index (χ3v) is 7.43. The summed E-state index contributed by atoms with van der Waals surface area (Å²) >= 11 is 0. The normalized spacial score (nSPS) is 19.2. The number of hydrogen-bond acceptors (Lipinski definition) is 5. The Morgan fingerprint density at radius 2 is 1.97 bits per heavy atom. The Labute approximate surface area is 176 Å². The zero-order chi connectivity index (χ0) is 21.1. The first kappa shape index (κ1) is 20.6. The molecule has 158 valence electrons. The van der Waals surface area contributed by atoms with Gasteiger partial charge in [-0.25, -0.2) is 8.42 Å². The lowest BCUT2D eigenvalue weighted by Crippen LogP contribution is -2.43. The van der Waals surface area contributed by atoms with E-state index in [0.717, 1.165) is 16.3 Å². The van der Waals surface area contributed by atoms with Gasteiger partial charge in [-0.2, -0.15) is 0 Å². The summed E-state index contributed by atoms with van der Waals surface area (Å²) in [7, 11) is -3.05. The van der Waals surface area contributed by atoms with Crippen LogP contribution in [-0.4, -0.2) is 43.3 Å². The summed E-state index contributed by atoms with van der Waals surface area (Å²) in [4.78, 5) is 14.8. The number of furan rings is 1. The van der Waals surface area contributed by atoms with Gasteiger partial charge in [-0.05, 0) is 41.8 Å². The minimum absolute atomic E-state index is 0.0832. The molecule has 2 heterocycles. The predicted molar refractivity (Wildman–Crippen MR) is 117 cm³/mol. The van der Waals surface area contributed by atoms with E-state index in [4.69, 9.17) is 4.42 Å². The van der Waals surface area contributed by atoms with Crippen LogP contribution in [0.5, 0.6) is 0 Å². The van der Waals surface area contributed by atoms with Crippen molar-refractivity contribution in [1.29, 1.82) is 0 Å². The van der Waals surface area contributed by atoms with Crippen LogP contribution in [0.3, 0.4) is 0 Å². The highest BCUT2D eigenvalue weighted by Crippen LogP contribution is 2.24. The fraction of sp³-hybridized carbons (Fsp3) is 0.348. The maximum atomic E-state index is 12.9. The molecular weight excluding hydrogens is 400 g/mol. The van der Waals surface area contributed by atoms with Gasteiger partial charge in [-0.1, -0.05) is 42.5 Å². The number of carbonyl (C=O) groups excluding carboxylic acids is 1. The number of carbonyl (C=O) groups is 1. The number of fused-ring (bicyclic) bond motifs is 1. The highest BCUT2D eigenvalue weighted by molar-refractivity contribution is 7.91. The first-order chi connectivity index (χ1) is 14.4. The second-order valence-corrected chi connectivity index (χ2v) is 10.1. The Hall–Kier alpha value is -2.64. The van der Waals surface area contributed by atoms with Gasteiger partial charge in [0.2, 0.25) is 5.91 Å². The second-order valence-electron chi connectivity index (χ2n) is 7.90. The number of hydrogen-bond donors (Lipinski definition) is 1. The zero-order valence-electron chi connectivity index (χ0n) is 17.0. The average Bonchev–Trinajstić information content (AvgIpc) is 3.36. The highest BCUT2D eigenvalue weighted by Gasteiger charge is 2.33. The average molecular weight is 427 g/mol. The van der Waals surface area contributed by atoms with Crippen molar-refractivity contribution in [3.63, 3.8) is 0 Å². The second kappa shape index (κ2) is 8.62. The minimum atomic E-state index is -3.05. The molecule has 3 aromatic rings. The van der Waals surface area contributed by atoms with E-state index in [2.05, 4.69) is 23.5 Å². The summed E-state index contributed by atoms with van der Waals surface area (Å²) in [6.07, 6.45) is 2.12. The van der Waals surface area contributed by atoms with Crippen molar-refractivity contribution in [2.75, 3.05) is 18.1 Å². The van der Waals surface area contributed by atoms with Crippen molar-refractivity contribution in [3.8, 4) is 0 Å². The molecule has 0 radical (unpaired) electrons. The van der Waals surface area contributed by atoms with Crippen molar-refractivity contribution < 1.29 is 17.6 Å². The van der Waals surface area contributed by atoms with Crippen LogP contribution in [0.1, 0.15) is 30.7 Å². The molecule has 4 rings (SSSR count). The summed E-state index contributed by atoms with van der Waals surface area (Å²) in [5, 5.41) is 5.33. The minimum Gasteiger partial charge on any atom is -0.468 e. The maximum absolute atomic E-state index is 12.9. The molecule has 1 fully saturated rings. The van der Waals surface area contributed by atoms with Crippen molar-refractivity contribution in [1.82, 2.24) is 10.2 Å². The van der Waals surface area contributed by atoms with Crippen LogP contribution in [0.15, 0.2) is 65.3 Å². The van der Waals surface area contributed by atoms with E-state index < -0.39 is 9.84 Å². The van der Waals surface area contributed by atoms with Crippen molar-refractivity contribution in [2.24, 2.45) is 0 Å². The Bertz CT molecular complexity index is 1120. The fourth-order valence-corrected chi connectivity index (χ4v) is 5.92. The third kappa shape index (κ3) is 4.74. The molecule has 0 bridgehead atoms. The van der Waals surface area contributed by atoms with Crippen LogP contribution in [0, 0.1) is 0 Å². The third-order valence-electron chi connectivity index (χ3n) is 5.68. The molecule has 1 amide bonds. The molecule has 0 saturated carbocycles. The molecule has 1 aromatic heterocycles. The molecule has 0 unspecified atom stereocenters. The van der Waals surface area contributed by atoms with Gasteiger partial charge in [-0.15, -0.1) is 0 Å². The van der Waals surface area contributed by atoms with E-state index >= 15 is 0 Å². The lowest BCUT2D eigenvalue weighted by molar-refractivity contribution is -0.123. The standard InChI is InChI=1S/C23H26N2O4S/c1-17(21-10-4-7-18-6-2-3-9-22(18)21)24-23(26)15-25(14-20-8-5-12-29-20)19-11-13-30(27,28)16-19/h2-10,12,17,19H,11,13-16H2,1H3,(H,24,26)/t17-,19-/m0/s1. The molecule has 1 aliphatic heterocycles. The summed E-state index contributed by atoms with van der Waals surface area (Å²) in [6, 6.07) is 17.5. The number of amides is 1. The van der Waals surface area contributed by atoms with Crippen LogP contribution < -0.4 is 5.32 Å². The SMILES string of the molecule is C[C@H](NC(=O)CN(Cc1ccco1)[C@H]1CCS(=O)(=O)C1)c1cccc2ccccc12. The van der Waals surface area contributed by atoms with Crippen molar-refractivity contribution in [2.45, 2.75) is 32.0 Å². The highest BCUT2D eigenvalue weighted by atomic mass is 32.2. The molecule has 0 spiro atoms. The molecule has 2 aromatic carbocycles. The van der Waals surface area contributed by atoms with Crippen LogP contribution in [0.2, 0.25) is 0 Å². The molecule has 1 N–H and O–H groups in total. The Balaban J connectivity index is 1.48. The van der Waals surface area contributed by atoms with Crippen LogP contribution in [0.25, 0.3) is 10.8 Å². The zero-order valence-corrected chi connectivity index (χ0v) is 17.8. The Morgan fingerprint density at radius 1 is 1.17 bits per heavy atom. The summed E-state index contributed by atoms with van der Waals surface area (Å²) < 4.78 is 29.4. The molecule has 1 saturated heterocycles. The molecular formula is C23H26N2O4S. The van der Waals surface area contributed by atoms with E-state index in [0.29, 0.717) is 18.7 Å². The lowest BCUT2D eigenvalue weighted by atomic mass is 10.00. The Kier molecular flexibility index (Phi) is 5.92. The molecule has 1 aliphatic rings. The van der Waals surface area contributed by atoms with Crippen LogP contribution in [-0.2, 0) is 21.2 Å².